The number of rotatable bonds is 6. The average molecular weight is 295 g/mol. The van der Waals surface area contributed by atoms with E-state index in [1.807, 2.05) is 0 Å². The van der Waals surface area contributed by atoms with Crippen LogP contribution in [0.5, 0.6) is 5.75 Å². The van der Waals surface area contributed by atoms with Gasteiger partial charge in [0.05, 0.1) is 7.11 Å². The van der Waals surface area contributed by atoms with Gasteiger partial charge in [-0.15, -0.1) is 0 Å². The lowest BCUT2D eigenvalue weighted by molar-refractivity contribution is 0.229. The number of ether oxygens (including phenoxy) is 1. The third-order valence-electron chi connectivity index (χ3n) is 4.77. The fourth-order valence-electron chi connectivity index (χ4n) is 3.27. The van der Waals surface area contributed by atoms with Crippen molar-refractivity contribution in [3.63, 3.8) is 0 Å². The highest BCUT2D eigenvalue weighted by Crippen LogP contribution is 2.37. The van der Waals surface area contributed by atoms with Crippen molar-refractivity contribution in [1.29, 1.82) is 0 Å². The van der Waals surface area contributed by atoms with Gasteiger partial charge in [0.25, 0.3) is 0 Å². The fraction of sp³-hybridized carbons (Fsp3) is 0.400. The molecule has 1 unspecified atom stereocenters. The monoisotopic (exact) mass is 295 g/mol. The molecule has 0 aromatic heterocycles. The van der Waals surface area contributed by atoms with E-state index in [2.05, 4.69) is 60.8 Å². The van der Waals surface area contributed by atoms with E-state index >= 15 is 0 Å². The Morgan fingerprint density at radius 1 is 1.14 bits per heavy atom. The smallest absolute Gasteiger partial charge is 0.121 e. The molecule has 1 saturated carbocycles. The molecule has 0 bridgehead atoms. The Morgan fingerprint density at radius 3 is 2.50 bits per heavy atom. The molecule has 1 atom stereocenters. The lowest BCUT2D eigenvalue weighted by Gasteiger charge is -2.35. The molecule has 1 aliphatic carbocycles. The molecule has 116 valence electrons. The highest BCUT2D eigenvalue weighted by atomic mass is 16.5. The molecule has 0 radical (unpaired) electrons. The molecule has 2 nitrogen and oxygen atoms in total. The van der Waals surface area contributed by atoms with Crippen molar-refractivity contribution in [3.8, 4) is 5.75 Å². The lowest BCUT2D eigenvalue weighted by Crippen LogP contribution is -2.31. The Balaban J connectivity index is 1.70. The predicted molar refractivity (Wildman–Crippen MR) is 91.1 cm³/mol. The van der Waals surface area contributed by atoms with Gasteiger partial charge in [0, 0.05) is 12.6 Å². The summed E-state index contributed by atoms with van der Waals surface area (Å²) in [5.74, 6) is 1.74. The molecule has 0 aliphatic heterocycles. The van der Waals surface area contributed by atoms with Crippen LogP contribution in [0.3, 0.4) is 0 Å². The summed E-state index contributed by atoms with van der Waals surface area (Å²) >= 11 is 0. The minimum atomic E-state index is 0.470. The molecule has 0 spiro atoms. The second-order valence-electron chi connectivity index (χ2n) is 6.26. The number of hydrogen-bond donors (Lipinski definition) is 1. The summed E-state index contributed by atoms with van der Waals surface area (Å²) in [5, 5.41) is 3.78. The summed E-state index contributed by atoms with van der Waals surface area (Å²) in [7, 11) is 1.72. The Hall–Kier alpha value is -1.80. The molecule has 2 heteroatoms. The van der Waals surface area contributed by atoms with Crippen LogP contribution in [0.15, 0.2) is 48.5 Å². The number of benzene rings is 2. The van der Waals surface area contributed by atoms with Gasteiger partial charge < -0.3 is 10.1 Å². The maximum absolute atomic E-state index is 5.34. The van der Waals surface area contributed by atoms with Crippen LogP contribution in [0.2, 0.25) is 0 Å². The van der Waals surface area contributed by atoms with Crippen LogP contribution in [0.1, 0.15) is 42.0 Å². The van der Waals surface area contributed by atoms with E-state index in [0.29, 0.717) is 6.04 Å². The second-order valence-corrected chi connectivity index (χ2v) is 6.26. The summed E-state index contributed by atoms with van der Waals surface area (Å²) in [6.45, 7) is 3.00. The first-order valence-electron chi connectivity index (χ1n) is 8.20. The fourth-order valence-corrected chi connectivity index (χ4v) is 3.27. The van der Waals surface area contributed by atoms with Crippen LogP contribution in [0, 0.1) is 12.8 Å². The second kappa shape index (κ2) is 6.97. The summed E-state index contributed by atoms with van der Waals surface area (Å²) in [6.07, 6.45) is 4.06. The molecule has 2 aromatic rings. The van der Waals surface area contributed by atoms with Crippen molar-refractivity contribution in [2.75, 3.05) is 7.11 Å². The zero-order valence-corrected chi connectivity index (χ0v) is 13.5. The van der Waals surface area contributed by atoms with Crippen LogP contribution in [0.4, 0.5) is 0 Å². The standard InChI is InChI=1S/C20H25NO/c1-15-13-16(11-12-19(15)22-2)14-21-20(18-9-6-10-18)17-7-4-3-5-8-17/h3-5,7-8,11-13,18,20-21H,6,9-10,14H2,1-2H3. The Morgan fingerprint density at radius 2 is 1.91 bits per heavy atom. The summed E-state index contributed by atoms with van der Waals surface area (Å²) in [6, 6.07) is 17.8. The first-order valence-corrected chi connectivity index (χ1v) is 8.20. The van der Waals surface area contributed by atoms with Gasteiger partial charge in [-0.2, -0.15) is 0 Å². The Kier molecular flexibility index (Phi) is 4.79. The first-order chi connectivity index (χ1) is 10.8. The van der Waals surface area contributed by atoms with Crippen molar-refractivity contribution in [2.45, 2.75) is 38.8 Å². The zero-order valence-electron chi connectivity index (χ0n) is 13.5. The van der Waals surface area contributed by atoms with E-state index in [1.165, 1.54) is 36.0 Å². The highest BCUT2D eigenvalue weighted by molar-refractivity contribution is 5.36. The van der Waals surface area contributed by atoms with Gasteiger partial charge >= 0.3 is 0 Å². The van der Waals surface area contributed by atoms with E-state index in [9.17, 15) is 0 Å². The van der Waals surface area contributed by atoms with Crippen LogP contribution < -0.4 is 10.1 Å². The minimum Gasteiger partial charge on any atom is -0.496 e. The molecule has 0 saturated heterocycles. The quantitative estimate of drug-likeness (QED) is 0.838. The molecular weight excluding hydrogens is 270 g/mol. The van der Waals surface area contributed by atoms with Crippen molar-refractivity contribution >= 4 is 0 Å². The molecule has 3 rings (SSSR count). The molecule has 2 aromatic carbocycles. The Bertz CT molecular complexity index is 604. The number of nitrogens with one attached hydrogen (secondary N) is 1. The van der Waals surface area contributed by atoms with Gasteiger partial charge in [0.2, 0.25) is 0 Å². The molecule has 0 amide bonds. The SMILES string of the molecule is COc1ccc(CNC(c2ccccc2)C2CCC2)cc1C. The van der Waals surface area contributed by atoms with Crippen LogP contribution in [0.25, 0.3) is 0 Å². The molecular formula is C20H25NO. The van der Waals surface area contributed by atoms with E-state index in [-0.39, 0.29) is 0 Å². The van der Waals surface area contributed by atoms with E-state index < -0.39 is 0 Å². The molecule has 0 heterocycles. The van der Waals surface area contributed by atoms with Crippen LogP contribution in [-0.2, 0) is 6.54 Å². The summed E-state index contributed by atoms with van der Waals surface area (Å²) in [4.78, 5) is 0. The maximum atomic E-state index is 5.34. The van der Waals surface area contributed by atoms with E-state index in [4.69, 9.17) is 4.74 Å². The maximum Gasteiger partial charge on any atom is 0.121 e. The van der Waals surface area contributed by atoms with E-state index in [0.717, 1.165) is 18.2 Å². The topological polar surface area (TPSA) is 21.3 Å². The van der Waals surface area contributed by atoms with Gasteiger partial charge in [-0.25, -0.2) is 0 Å². The third-order valence-corrected chi connectivity index (χ3v) is 4.77. The third kappa shape index (κ3) is 3.33. The van der Waals surface area contributed by atoms with Gasteiger partial charge in [-0.05, 0) is 48.4 Å². The summed E-state index contributed by atoms with van der Waals surface area (Å²) < 4.78 is 5.34. The van der Waals surface area contributed by atoms with E-state index in [1.54, 1.807) is 7.11 Å². The van der Waals surface area contributed by atoms with Crippen molar-refractivity contribution in [2.24, 2.45) is 5.92 Å². The summed E-state index contributed by atoms with van der Waals surface area (Å²) in [5.41, 5.74) is 3.93. The molecule has 1 fully saturated rings. The van der Waals surface area contributed by atoms with Crippen molar-refractivity contribution in [3.05, 3.63) is 65.2 Å². The van der Waals surface area contributed by atoms with Crippen LogP contribution >= 0.6 is 0 Å². The van der Waals surface area contributed by atoms with Crippen LogP contribution in [-0.4, -0.2) is 7.11 Å². The van der Waals surface area contributed by atoms with Gasteiger partial charge in [-0.1, -0.05) is 48.9 Å². The highest BCUT2D eigenvalue weighted by Gasteiger charge is 2.27. The molecule has 1 N–H and O–H groups in total. The number of hydrogen-bond acceptors (Lipinski definition) is 2. The van der Waals surface area contributed by atoms with Crippen molar-refractivity contribution < 1.29 is 4.74 Å². The van der Waals surface area contributed by atoms with Crippen molar-refractivity contribution in [1.82, 2.24) is 5.32 Å². The van der Waals surface area contributed by atoms with Gasteiger partial charge in [0.15, 0.2) is 0 Å². The predicted octanol–water partition coefficient (Wildman–Crippen LogP) is 4.63. The largest absolute Gasteiger partial charge is 0.496 e. The molecule has 1 aliphatic rings. The minimum absolute atomic E-state index is 0.470. The first kappa shape index (κ1) is 15.1. The number of methoxy groups -OCH3 is 1. The van der Waals surface area contributed by atoms with Gasteiger partial charge in [0.1, 0.15) is 5.75 Å². The average Bonchev–Trinajstić information content (AvgIpc) is 2.50. The molecule has 22 heavy (non-hydrogen) atoms. The Labute approximate surface area is 133 Å². The number of aryl methyl sites for hydroxylation is 1. The normalized spacial score (nSPS) is 16.1. The zero-order chi connectivity index (χ0) is 15.4. The van der Waals surface area contributed by atoms with Gasteiger partial charge in [-0.3, -0.25) is 0 Å². The lowest BCUT2D eigenvalue weighted by atomic mass is 9.77.